The van der Waals surface area contributed by atoms with Crippen LogP contribution < -0.4 is 5.32 Å². The molecule has 0 aromatic carbocycles. The largest absolute Gasteiger partial charge is 0.396 e. The average molecular weight is 227 g/mol. The van der Waals surface area contributed by atoms with Gasteiger partial charge in [0, 0.05) is 38.3 Å². The molecule has 0 aliphatic carbocycles. The van der Waals surface area contributed by atoms with Crippen LogP contribution in [0.3, 0.4) is 0 Å². The Labute approximate surface area is 98.6 Å². The van der Waals surface area contributed by atoms with E-state index in [4.69, 9.17) is 5.11 Å². The summed E-state index contributed by atoms with van der Waals surface area (Å²) in [7, 11) is 2.21. The molecule has 2 aliphatic heterocycles. The molecule has 2 rings (SSSR count). The molecule has 16 heavy (non-hydrogen) atoms. The van der Waals surface area contributed by atoms with Gasteiger partial charge in [0.05, 0.1) is 0 Å². The molecule has 0 saturated carbocycles. The van der Waals surface area contributed by atoms with Crippen LogP contribution in [0.5, 0.6) is 0 Å². The zero-order valence-corrected chi connectivity index (χ0v) is 10.4. The number of rotatable bonds is 3. The van der Waals surface area contributed by atoms with E-state index < -0.39 is 0 Å². The van der Waals surface area contributed by atoms with Gasteiger partial charge in [0.15, 0.2) is 0 Å². The first-order chi connectivity index (χ1) is 7.79. The molecule has 1 unspecified atom stereocenters. The maximum atomic E-state index is 8.98. The zero-order valence-electron chi connectivity index (χ0n) is 10.4. The third kappa shape index (κ3) is 3.17. The smallest absolute Gasteiger partial charge is 0.0446 e. The monoisotopic (exact) mass is 227 g/mol. The molecule has 0 bridgehead atoms. The Balaban J connectivity index is 1.80. The van der Waals surface area contributed by atoms with Crippen LogP contribution in [0.1, 0.15) is 19.3 Å². The number of piperidine rings is 1. The average Bonchev–Trinajstić information content (AvgIpc) is 2.31. The van der Waals surface area contributed by atoms with Gasteiger partial charge in [-0.2, -0.15) is 0 Å². The SMILES string of the molecule is CN1CCC(N2CCNC(CCO)C2)CC1. The zero-order chi connectivity index (χ0) is 11.4. The lowest BCUT2D eigenvalue weighted by Crippen LogP contribution is -2.56. The van der Waals surface area contributed by atoms with Gasteiger partial charge in [-0.3, -0.25) is 4.90 Å². The van der Waals surface area contributed by atoms with Gasteiger partial charge in [-0.25, -0.2) is 0 Å². The summed E-state index contributed by atoms with van der Waals surface area (Å²) in [4.78, 5) is 5.05. The second kappa shape index (κ2) is 5.96. The van der Waals surface area contributed by atoms with Crippen LogP contribution >= 0.6 is 0 Å². The fourth-order valence-electron chi connectivity index (χ4n) is 2.89. The Kier molecular flexibility index (Phi) is 4.58. The fourth-order valence-corrected chi connectivity index (χ4v) is 2.89. The molecular weight excluding hydrogens is 202 g/mol. The fraction of sp³-hybridized carbons (Fsp3) is 1.00. The molecule has 0 amide bonds. The molecule has 2 saturated heterocycles. The molecule has 94 valence electrons. The van der Waals surface area contributed by atoms with Crippen molar-refractivity contribution in [2.24, 2.45) is 0 Å². The number of hydrogen-bond donors (Lipinski definition) is 2. The lowest BCUT2D eigenvalue weighted by atomic mass is 10.0. The van der Waals surface area contributed by atoms with E-state index in [2.05, 4.69) is 22.2 Å². The van der Waals surface area contributed by atoms with Crippen molar-refractivity contribution in [2.75, 3.05) is 46.4 Å². The molecule has 2 N–H and O–H groups in total. The normalized spacial score (nSPS) is 30.8. The molecule has 1 atom stereocenters. The molecule has 2 heterocycles. The Morgan fingerprint density at radius 2 is 2.00 bits per heavy atom. The van der Waals surface area contributed by atoms with Crippen molar-refractivity contribution in [3.8, 4) is 0 Å². The van der Waals surface area contributed by atoms with Crippen molar-refractivity contribution in [1.82, 2.24) is 15.1 Å². The molecule has 0 radical (unpaired) electrons. The molecular formula is C12H25N3O. The number of aliphatic hydroxyl groups excluding tert-OH is 1. The first-order valence-corrected chi connectivity index (χ1v) is 6.56. The van der Waals surface area contributed by atoms with E-state index >= 15 is 0 Å². The van der Waals surface area contributed by atoms with Crippen molar-refractivity contribution in [2.45, 2.75) is 31.3 Å². The number of piperazine rings is 1. The molecule has 4 nitrogen and oxygen atoms in total. The molecule has 2 fully saturated rings. The summed E-state index contributed by atoms with van der Waals surface area (Å²) in [6.45, 7) is 6.15. The van der Waals surface area contributed by atoms with E-state index in [9.17, 15) is 0 Å². The van der Waals surface area contributed by atoms with Crippen LogP contribution in [0.2, 0.25) is 0 Å². The highest BCUT2D eigenvalue weighted by molar-refractivity contribution is 4.85. The minimum absolute atomic E-state index is 0.304. The Morgan fingerprint density at radius 1 is 1.25 bits per heavy atom. The predicted octanol–water partition coefficient (Wildman–Crippen LogP) is -0.263. The number of aliphatic hydroxyl groups is 1. The quantitative estimate of drug-likeness (QED) is 0.697. The van der Waals surface area contributed by atoms with Gasteiger partial charge in [-0.05, 0) is 39.4 Å². The summed E-state index contributed by atoms with van der Waals surface area (Å²) in [5.41, 5.74) is 0. The lowest BCUT2D eigenvalue weighted by Gasteiger charge is -2.42. The first kappa shape index (κ1) is 12.3. The van der Waals surface area contributed by atoms with Crippen molar-refractivity contribution >= 4 is 0 Å². The van der Waals surface area contributed by atoms with Crippen LogP contribution in [-0.2, 0) is 0 Å². The Hall–Kier alpha value is -0.160. The second-order valence-corrected chi connectivity index (χ2v) is 5.19. The summed E-state index contributed by atoms with van der Waals surface area (Å²) in [6, 6.07) is 1.28. The van der Waals surface area contributed by atoms with E-state index in [1.165, 1.54) is 32.5 Å². The number of nitrogens with zero attached hydrogens (tertiary/aromatic N) is 2. The number of likely N-dealkylation sites (tertiary alicyclic amines) is 1. The predicted molar refractivity (Wildman–Crippen MR) is 65.6 cm³/mol. The second-order valence-electron chi connectivity index (χ2n) is 5.19. The van der Waals surface area contributed by atoms with E-state index in [-0.39, 0.29) is 0 Å². The van der Waals surface area contributed by atoms with E-state index in [0.717, 1.165) is 25.6 Å². The Morgan fingerprint density at radius 3 is 2.69 bits per heavy atom. The first-order valence-electron chi connectivity index (χ1n) is 6.56. The summed E-state index contributed by atoms with van der Waals surface area (Å²) >= 11 is 0. The van der Waals surface area contributed by atoms with Crippen LogP contribution in [0.15, 0.2) is 0 Å². The molecule has 4 heteroatoms. The van der Waals surface area contributed by atoms with Crippen LogP contribution in [0.4, 0.5) is 0 Å². The molecule has 0 spiro atoms. The Bertz CT molecular complexity index is 202. The van der Waals surface area contributed by atoms with Crippen LogP contribution in [0.25, 0.3) is 0 Å². The highest BCUT2D eigenvalue weighted by atomic mass is 16.3. The minimum Gasteiger partial charge on any atom is -0.396 e. The van der Waals surface area contributed by atoms with Gasteiger partial charge in [-0.1, -0.05) is 0 Å². The van der Waals surface area contributed by atoms with Crippen LogP contribution in [0, 0.1) is 0 Å². The summed E-state index contributed by atoms with van der Waals surface area (Å²) in [6.07, 6.45) is 3.51. The molecule has 0 aromatic rings. The van der Waals surface area contributed by atoms with Crippen molar-refractivity contribution < 1.29 is 5.11 Å². The lowest BCUT2D eigenvalue weighted by molar-refractivity contribution is 0.0857. The van der Waals surface area contributed by atoms with Crippen molar-refractivity contribution in [3.63, 3.8) is 0 Å². The molecule has 0 aromatic heterocycles. The van der Waals surface area contributed by atoms with Gasteiger partial charge in [0.25, 0.3) is 0 Å². The van der Waals surface area contributed by atoms with Crippen LogP contribution in [-0.4, -0.2) is 73.4 Å². The van der Waals surface area contributed by atoms with Gasteiger partial charge < -0.3 is 15.3 Å². The van der Waals surface area contributed by atoms with Gasteiger partial charge >= 0.3 is 0 Å². The van der Waals surface area contributed by atoms with Crippen molar-refractivity contribution in [1.29, 1.82) is 0 Å². The minimum atomic E-state index is 0.304. The topological polar surface area (TPSA) is 38.7 Å². The van der Waals surface area contributed by atoms with E-state index in [1.54, 1.807) is 0 Å². The maximum Gasteiger partial charge on any atom is 0.0446 e. The standard InChI is InChI=1S/C12H25N3O/c1-14-6-2-12(3-7-14)15-8-5-13-11(10-15)4-9-16/h11-13,16H,2-10H2,1H3. The van der Waals surface area contributed by atoms with Gasteiger partial charge in [-0.15, -0.1) is 0 Å². The summed E-state index contributed by atoms with van der Waals surface area (Å²) in [5, 5.41) is 12.5. The van der Waals surface area contributed by atoms with Gasteiger partial charge in [0.1, 0.15) is 0 Å². The van der Waals surface area contributed by atoms with Crippen molar-refractivity contribution in [3.05, 3.63) is 0 Å². The highest BCUT2D eigenvalue weighted by Crippen LogP contribution is 2.17. The third-order valence-electron chi connectivity index (χ3n) is 3.97. The number of nitrogens with one attached hydrogen (secondary N) is 1. The highest BCUT2D eigenvalue weighted by Gasteiger charge is 2.27. The van der Waals surface area contributed by atoms with E-state index in [0.29, 0.717) is 12.6 Å². The third-order valence-corrected chi connectivity index (χ3v) is 3.97. The number of hydrogen-bond acceptors (Lipinski definition) is 4. The van der Waals surface area contributed by atoms with E-state index in [1.807, 2.05) is 0 Å². The summed E-state index contributed by atoms with van der Waals surface area (Å²) < 4.78 is 0. The summed E-state index contributed by atoms with van der Waals surface area (Å²) in [5.74, 6) is 0. The van der Waals surface area contributed by atoms with Gasteiger partial charge in [0.2, 0.25) is 0 Å². The molecule has 2 aliphatic rings. The maximum absolute atomic E-state index is 8.98.